The molecule has 1 aromatic carbocycles. The van der Waals surface area contributed by atoms with Gasteiger partial charge in [-0.15, -0.1) is 10.2 Å². The minimum atomic E-state index is -0.246. The van der Waals surface area contributed by atoms with Gasteiger partial charge in [-0.05, 0) is 17.7 Å². The Hall–Kier alpha value is -3.10. The van der Waals surface area contributed by atoms with Gasteiger partial charge in [-0.2, -0.15) is 0 Å². The van der Waals surface area contributed by atoms with Crippen molar-refractivity contribution in [2.45, 2.75) is 12.6 Å². The first-order chi connectivity index (χ1) is 13.2. The number of rotatable bonds is 6. The van der Waals surface area contributed by atoms with Gasteiger partial charge in [-0.3, -0.25) is 4.98 Å². The van der Waals surface area contributed by atoms with Crippen molar-refractivity contribution >= 4 is 27.4 Å². The number of anilines is 1. The monoisotopic (exact) mass is 378 g/mol. The molecule has 27 heavy (non-hydrogen) atoms. The second-order valence-corrected chi connectivity index (χ2v) is 6.94. The second-order valence-electron chi connectivity index (χ2n) is 5.96. The van der Waals surface area contributed by atoms with Gasteiger partial charge in [-0.25, -0.2) is 4.98 Å². The number of hydrogen-bond donors (Lipinski definition) is 2. The lowest BCUT2D eigenvalue weighted by Crippen LogP contribution is -2.31. The molecule has 4 rings (SSSR count). The number of nitrogens with zero attached hydrogens (tertiary/aromatic N) is 4. The van der Waals surface area contributed by atoms with Crippen molar-refractivity contribution in [1.29, 1.82) is 0 Å². The summed E-state index contributed by atoms with van der Waals surface area (Å²) in [5.41, 5.74) is 8.83. The highest BCUT2D eigenvalue weighted by Gasteiger charge is 2.13. The van der Waals surface area contributed by atoms with Gasteiger partial charge in [0.25, 0.3) is 0 Å². The van der Waals surface area contributed by atoms with E-state index in [9.17, 15) is 0 Å². The van der Waals surface area contributed by atoms with Crippen molar-refractivity contribution in [3.05, 3.63) is 60.4 Å². The fourth-order valence-electron chi connectivity index (χ4n) is 2.75. The molecule has 1 unspecified atom stereocenters. The maximum Gasteiger partial charge on any atom is 0.207 e. The first kappa shape index (κ1) is 17.3. The fourth-order valence-corrected chi connectivity index (χ4v) is 3.52. The Balaban J connectivity index is 1.53. The highest BCUT2D eigenvalue weighted by Crippen LogP contribution is 2.29. The molecule has 0 aliphatic rings. The number of hydrogen-bond acceptors (Lipinski definition) is 8. The normalized spacial score (nSPS) is 12.1. The van der Waals surface area contributed by atoms with Crippen LogP contribution >= 0.6 is 11.3 Å². The zero-order valence-electron chi connectivity index (χ0n) is 14.7. The first-order valence-electron chi connectivity index (χ1n) is 8.41. The first-order valence-corrected chi connectivity index (χ1v) is 9.23. The molecule has 4 aromatic rings. The molecule has 0 saturated heterocycles. The van der Waals surface area contributed by atoms with E-state index >= 15 is 0 Å². The molecule has 7 nitrogen and oxygen atoms in total. The zero-order chi connectivity index (χ0) is 18.6. The molecule has 3 aromatic heterocycles. The van der Waals surface area contributed by atoms with E-state index < -0.39 is 0 Å². The molecule has 3 N–H and O–H groups in total. The van der Waals surface area contributed by atoms with Crippen LogP contribution in [0, 0.1) is 0 Å². The minimum absolute atomic E-state index is 0.246. The number of nitrogens with two attached hydrogens (primary N) is 1. The quantitative estimate of drug-likeness (QED) is 0.497. The lowest BCUT2D eigenvalue weighted by atomic mass is 10.1. The molecule has 1 atom stereocenters. The van der Waals surface area contributed by atoms with Gasteiger partial charge in [0.05, 0.1) is 19.5 Å². The van der Waals surface area contributed by atoms with Gasteiger partial charge in [0.15, 0.2) is 10.8 Å². The molecule has 136 valence electrons. The predicted molar refractivity (Wildman–Crippen MR) is 107 cm³/mol. The molecule has 0 saturated carbocycles. The van der Waals surface area contributed by atoms with E-state index in [-0.39, 0.29) is 6.17 Å². The Morgan fingerprint density at radius 1 is 1.11 bits per heavy atom. The zero-order valence-corrected chi connectivity index (χ0v) is 15.5. The maximum absolute atomic E-state index is 6.19. The summed E-state index contributed by atoms with van der Waals surface area (Å²) < 4.78 is 5.35. The maximum atomic E-state index is 6.19. The minimum Gasteiger partial charge on any atom is -0.493 e. The van der Waals surface area contributed by atoms with E-state index in [0.717, 1.165) is 16.6 Å². The Labute approximate surface area is 160 Å². The third-order valence-corrected chi connectivity index (χ3v) is 4.91. The number of ether oxygens (including phenoxy) is 1. The van der Waals surface area contributed by atoms with Crippen molar-refractivity contribution in [2.75, 3.05) is 12.4 Å². The largest absolute Gasteiger partial charge is 0.493 e. The SMILES string of the molecule is COc1cncc2ccc(-c3nnc(NC(N)Cc4ccccc4)s3)nc12. The van der Waals surface area contributed by atoms with Crippen LogP contribution in [0.2, 0.25) is 0 Å². The number of fused-ring (bicyclic) bond motifs is 1. The molecule has 0 spiro atoms. The topological polar surface area (TPSA) is 98.8 Å². The van der Waals surface area contributed by atoms with Crippen molar-refractivity contribution in [2.24, 2.45) is 5.73 Å². The van der Waals surface area contributed by atoms with Crippen LogP contribution in [0.1, 0.15) is 5.56 Å². The van der Waals surface area contributed by atoms with Crippen LogP contribution in [0.3, 0.4) is 0 Å². The standard InChI is InChI=1S/C19H18N6OS/c1-26-15-11-21-10-13-7-8-14(22-17(13)15)18-24-25-19(27-18)23-16(20)9-12-5-3-2-4-6-12/h2-8,10-11,16H,9,20H2,1H3,(H,23,25). The summed E-state index contributed by atoms with van der Waals surface area (Å²) in [6.07, 6.45) is 3.86. The number of aromatic nitrogens is 4. The predicted octanol–water partition coefficient (Wildman–Crippen LogP) is 3.10. The van der Waals surface area contributed by atoms with Crippen molar-refractivity contribution in [1.82, 2.24) is 20.2 Å². The molecule has 0 aliphatic heterocycles. The molecular formula is C19H18N6OS. The molecule has 8 heteroatoms. The molecule has 0 amide bonds. The Morgan fingerprint density at radius 2 is 1.96 bits per heavy atom. The van der Waals surface area contributed by atoms with E-state index in [0.29, 0.717) is 22.3 Å². The van der Waals surface area contributed by atoms with E-state index in [1.165, 1.54) is 16.9 Å². The van der Waals surface area contributed by atoms with Gasteiger partial charge in [-0.1, -0.05) is 41.7 Å². The van der Waals surface area contributed by atoms with Gasteiger partial charge in [0.2, 0.25) is 5.13 Å². The molecule has 0 aliphatic carbocycles. The number of benzene rings is 1. The van der Waals surface area contributed by atoms with Crippen molar-refractivity contribution in [3.8, 4) is 16.5 Å². The van der Waals surface area contributed by atoms with Crippen LogP contribution in [-0.4, -0.2) is 33.4 Å². The van der Waals surface area contributed by atoms with Crippen LogP contribution in [0.5, 0.6) is 5.75 Å². The average Bonchev–Trinajstić information content (AvgIpc) is 3.16. The van der Waals surface area contributed by atoms with E-state index in [4.69, 9.17) is 10.5 Å². The smallest absolute Gasteiger partial charge is 0.207 e. The molecule has 3 heterocycles. The van der Waals surface area contributed by atoms with Crippen molar-refractivity contribution in [3.63, 3.8) is 0 Å². The third kappa shape index (κ3) is 3.86. The third-order valence-electron chi connectivity index (χ3n) is 4.04. The number of methoxy groups -OCH3 is 1. The van der Waals surface area contributed by atoms with Gasteiger partial charge in [0.1, 0.15) is 11.2 Å². The van der Waals surface area contributed by atoms with Crippen LogP contribution in [0.4, 0.5) is 5.13 Å². The summed E-state index contributed by atoms with van der Waals surface area (Å²) in [5, 5.41) is 13.9. The van der Waals surface area contributed by atoms with Crippen LogP contribution in [-0.2, 0) is 6.42 Å². The molecular weight excluding hydrogens is 360 g/mol. The highest BCUT2D eigenvalue weighted by molar-refractivity contribution is 7.18. The number of pyridine rings is 2. The lowest BCUT2D eigenvalue weighted by molar-refractivity contribution is 0.417. The van der Waals surface area contributed by atoms with E-state index in [1.54, 1.807) is 19.5 Å². The summed E-state index contributed by atoms with van der Waals surface area (Å²) >= 11 is 1.41. The summed E-state index contributed by atoms with van der Waals surface area (Å²) in [6.45, 7) is 0. The van der Waals surface area contributed by atoms with Gasteiger partial charge >= 0.3 is 0 Å². The Kier molecular flexibility index (Phi) is 4.91. The molecule has 0 fully saturated rings. The van der Waals surface area contributed by atoms with Crippen molar-refractivity contribution < 1.29 is 4.74 Å². The Bertz CT molecular complexity index is 1050. The van der Waals surface area contributed by atoms with Gasteiger partial charge in [0, 0.05) is 18.0 Å². The van der Waals surface area contributed by atoms with Crippen LogP contribution in [0.15, 0.2) is 54.9 Å². The van der Waals surface area contributed by atoms with Crippen LogP contribution in [0.25, 0.3) is 21.6 Å². The van der Waals surface area contributed by atoms with E-state index in [1.807, 2.05) is 42.5 Å². The van der Waals surface area contributed by atoms with Crippen LogP contribution < -0.4 is 15.8 Å². The average molecular weight is 378 g/mol. The molecule has 0 bridgehead atoms. The summed E-state index contributed by atoms with van der Waals surface area (Å²) in [6, 6.07) is 13.9. The van der Waals surface area contributed by atoms with Gasteiger partial charge < -0.3 is 15.8 Å². The number of nitrogens with one attached hydrogen (secondary N) is 1. The van der Waals surface area contributed by atoms with E-state index in [2.05, 4.69) is 25.5 Å². The summed E-state index contributed by atoms with van der Waals surface area (Å²) in [7, 11) is 1.60. The molecule has 0 radical (unpaired) electrons. The fraction of sp³-hybridized carbons (Fsp3) is 0.158. The second kappa shape index (κ2) is 7.65. The highest BCUT2D eigenvalue weighted by atomic mass is 32.1. The lowest BCUT2D eigenvalue weighted by Gasteiger charge is -2.12. The summed E-state index contributed by atoms with van der Waals surface area (Å²) in [5.74, 6) is 0.627. The summed E-state index contributed by atoms with van der Waals surface area (Å²) in [4.78, 5) is 8.80. The Morgan fingerprint density at radius 3 is 2.78 bits per heavy atom.